The molecule has 0 aromatic carbocycles. The first kappa shape index (κ1) is 14.3. The van der Waals surface area contributed by atoms with Crippen LogP contribution < -0.4 is 10.6 Å². The van der Waals surface area contributed by atoms with E-state index in [1.807, 2.05) is 0 Å². The molecule has 1 aliphatic rings. The van der Waals surface area contributed by atoms with Gasteiger partial charge in [-0.15, -0.1) is 0 Å². The fourth-order valence-corrected chi connectivity index (χ4v) is 2.33. The van der Waals surface area contributed by atoms with E-state index in [0.29, 0.717) is 12.1 Å². The number of aliphatic imine (C=N–C) groups is 1. The Bertz CT molecular complexity index is 299. The topological polar surface area (TPSA) is 45.7 Å². The molecular weight excluding hydrogens is 214 g/mol. The maximum atomic E-state index is 5.62. The van der Waals surface area contributed by atoms with Gasteiger partial charge in [0.15, 0.2) is 5.96 Å². The minimum absolute atomic E-state index is 0.0403. The van der Waals surface area contributed by atoms with Crippen LogP contribution in [0.4, 0.5) is 0 Å². The molecule has 1 saturated carbocycles. The molecule has 0 amide bonds. The summed E-state index contributed by atoms with van der Waals surface area (Å²) in [4.78, 5) is 4.24. The van der Waals surface area contributed by atoms with E-state index in [2.05, 4.69) is 50.2 Å². The number of guanidine groups is 1. The van der Waals surface area contributed by atoms with E-state index in [0.717, 1.165) is 12.4 Å². The quantitative estimate of drug-likeness (QED) is 0.584. The van der Waals surface area contributed by atoms with Crippen LogP contribution in [0.3, 0.4) is 0 Å². The van der Waals surface area contributed by atoms with E-state index in [1.54, 1.807) is 14.2 Å². The van der Waals surface area contributed by atoms with Crippen molar-refractivity contribution < 1.29 is 4.74 Å². The van der Waals surface area contributed by atoms with Gasteiger partial charge in [-0.25, -0.2) is 0 Å². The molecule has 4 nitrogen and oxygen atoms in total. The first-order valence-electron chi connectivity index (χ1n) is 6.32. The van der Waals surface area contributed by atoms with Gasteiger partial charge in [0.25, 0.3) is 0 Å². The van der Waals surface area contributed by atoms with Crippen LogP contribution in [0.1, 0.15) is 41.0 Å². The van der Waals surface area contributed by atoms with Crippen molar-refractivity contribution in [1.82, 2.24) is 10.6 Å². The third kappa shape index (κ3) is 2.57. The van der Waals surface area contributed by atoms with Gasteiger partial charge in [-0.3, -0.25) is 4.99 Å². The van der Waals surface area contributed by atoms with Crippen molar-refractivity contribution in [3.63, 3.8) is 0 Å². The smallest absolute Gasteiger partial charge is 0.191 e. The van der Waals surface area contributed by atoms with Crippen LogP contribution in [-0.2, 0) is 4.74 Å². The van der Waals surface area contributed by atoms with Crippen molar-refractivity contribution >= 4 is 5.96 Å². The molecule has 1 fully saturated rings. The highest BCUT2D eigenvalue weighted by Crippen LogP contribution is 2.51. The highest BCUT2D eigenvalue weighted by atomic mass is 16.5. The van der Waals surface area contributed by atoms with Crippen LogP contribution in [-0.4, -0.2) is 37.8 Å². The molecule has 17 heavy (non-hydrogen) atoms. The summed E-state index contributed by atoms with van der Waals surface area (Å²) in [7, 11) is 3.60. The molecule has 0 aromatic heterocycles. The van der Waals surface area contributed by atoms with Crippen molar-refractivity contribution in [2.45, 2.75) is 58.7 Å². The predicted molar refractivity (Wildman–Crippen MR) is 72.4 cm³/mol. The molecule has 100 valence electrons. The Morgan fingerprint density at radius 1 is 1.35 bits per heavy atom. The lowest BCUT2D eigenvalue weighted by atomic mass is 9.56. The third-order valence-electron chi connectivity index (χ3n) is 4.24. The lowest BCUT2D eigenvalue weighted by molar-refractivity contribution is -0.176. The molecule has 2 atom stereocenters. The number of hydrogen-bond donors (Lipinski definition) is 2. The van der Waals surface area contributed by atoms with E-state index in [-0.39, 0.29) is 11.0 Å². The number of methoxy groups -OCH3 is 1. The zero-order valence-electron chi connectivity index (χ0n) is 12.2. The van der Waals surface area contributed by atoms with Crippen LogP contribution in [0.5, 0.6) is 0 Å². The summed E-state index contributed by atoms with van der Waals surface area (Å²) in [6.45, 7) is 10.9. The van der Waals surface area contributed by atoms with Crippen molar-refractivity contribution in [3.8, 4) is 0 Å². The van der Waals surface area contributed by atoms with Gasteiger partial charge in [0.05, 0.1) is 5.60 Å². The lowest BCUT2D eigenvalue weighted by Crippen LogP contribution is -2.69. The average molecular weight is 241 g/mol. The van der Waals surface area contributed by atoms with E-state index < -0.39 is 0 Å². The van der Waals surface area contributed by atoms with Gasteiger partial charge < -0.3 is 15.4 Å². The van der Waals surface area contributed by atoms with Crippen LogP contribution in [0, 0.1) is 5.41 Å². The summed E-state index contributed by atoms with van der Waals surface area (Å²) in [6, 6.07) is 0.788. The van der Waals surface area contributed by atoms with E-state index in [9.17, 15) is 0 Å². The van der Waals surface area contributed by atoms with Crippen LogP contribution in [0.2, 0.25) is 0 Å². The van der Waals surface area contributed by atoms with Gasteiger partial charge in [0.2, 0.25) is 0 Å². The fraction of sp³-hybridized carbons (Fsp3) is 0.923. The van der Waals surface area contributed by atoms with Gasteiger partial charge >= 0.3 is 0 Å². The highest BCUT2D eigenvalue weighted by molar-refractivity contribution is 5.80. The first-order valence-corrected chi connectivity index (χ1v) is 6.32. The van der Waals surface area contributed by atoms with Crippen molar-refractivity contribution in [2.24, 2.45) is 10.4 Å². The molecule has 1 aliphatic carbocycles. The Balaban J connectivity index is 2.61. The number of rotatable bonds is 3. The molecule has 2 unspecified atom stereocenters. The third-order valence-corrected chi connectivity index (χ3v) is 4.24. The molecule has 0 aliphatic heterocycles. The predicted octanol–water partition coefficient (Wildman–Crippen LogP) is 1.76. The van der Waals surface area contributed by atoms with Crippen molar-refractivity contribution in [1.29, 1.82) is 0 Å². The zero-order chi connectivity index (χ0) is 13.3. The highest BCUT2D eigenvalue weighted by Gasteiger charge is 2.58. The monoisotopic (exact) mass is 241 g/mol. The van der Waals surface area contributed by atoms with Crippen LogP contribution in [0.25, 0.3) is 0 Å². The summed E-state index contributed by atoms with van der Waals surface area (Å²) in [5.41, 5.74) is 0.0672. The van der Waals surface area contributed by atoms with Gasteiger partial charge in [-0.1, -0.05) is 13.8 Å². The Morgan fingerprint density at radius 2 is 1.94 bits per heavy atom. The van der Waals surface area contributed by atoms with Crippen molar-refractivity contribution in [3.05, 3.63) is 0 Å². The molecule has 1 rings (SSSR count). The van der Waals surface area contributed by atoms with Crippen LogP contribution in [0.15, 0.2) is 4.99 Å². The minimum Gasteiger partial charge on any atom is -0.378 e. The normalized spacial score (nSPS) is 32.2. The van der Waals surface area contributed by atoms with Gasteiger partial charge in [0.1, 0.15) is 0 Å². The summed E-state index contributed by atoms with van der Waals surface area (Å²) in [6.07, 6.45) is 1.01. The second kappa shape index (κ2) is 4.84. The molecule has 0 radical (unpaired) electrons. The number of ether oxygens (including phenoxy) is 1. The molecule has 0 aromatic rings. The Labute approximate surface area is 105 Å². The zero-order valence-corrected chi connectivity index (χ0v) is 12.2. The number of hydrogen-bond acceptors (Lipinski definition) is 2. The van der Waals surface area contributed by atoms with E-state index in [4.69, 9.17) is 4.74 Å². The molecule has 2 N–H and O–H groups in total. The second-order valence-corrected chi connectivity index (χ2v) is 5.93. The van der Waals surface area contributed by atoms with Gasteiger partial charge in [-0.05, 0) is 27.2 Å². The summed E-state index contributed by atoms with van der Waals surface area (Å²) >= 11 is 0. The second-order valence-electron chi connectivity index (χ2n) is 5.93. The molecule has 0 bridgehead atoms. The number of nitrogens with zero attached hydrogens (tertiary/aromatic N) is 1. The van der Waals surface area contributed by atoms with E-state index in [1.165, 1.54) is 0 Å². The largest absolute Gasteiger partial charge is 0.378 e. The standard InChI is InChI=1S/C13H27N3O/c1-9(2)15-11(14-6)16-10-8-13(5,17-7)12(10,3)4/h9-10H,8H2,1-7H3,(H2,14,15,16). The van der Waals surface area contributed by atoms with Gasteiger partial charge in [0, 0.05) is 31.7 Å². The minimum atomic E-state index is -0.0403. The Morgan fingerprint density at radius 3 is 2.29 bits per heavy atom. The fourth-order valence-electron chi connectivity index (χ4n) is 2.33. The summed E-state index contributed by atoms with van der Waals surface area (Å²) in [5.74, 6) is 0.872. The van der Waals surface area contributed by atoms with Crippen molar-refractivity contribution in [2.75, 3.05) is 14.2 Å². The SMILES string of the molecule is CN=C(NC(C)C)NC1CC(C)(OC)C1(C)C. The molecule has 4 heteroatoms. The summed E-state index contributed by atoms with van der Waals surface area (Å²) < 4.78 is 5.62. The molecular formula is C13H27N3O. The van der Waals surface area contributed by atoms with Gasteiger partial charge in [-0.2, -0.15) is 0 Å². The maximum absolute atomic E-state index is 5.62. The average Bonchev–Trinajstić information content (AvgIpc) is 2.26. The Kier molecular flexibility index (Phi) is 4.07. The first-order chi connectivity index (χ1) is 7.76. The molecule has 0 saturated heterocycles. The molecule has 0 heterocycles. The lowest BCUT2D eigenvalue weighted by Gasteiger charge is -2.59. The maximum Gasteiger partial charge on any atom is 0.191 e. The Hall–Kier alpha value is -0.770. The van der Waals surface area contributed by atoms with Crippen LogP contribution >= 0.6 is 0 Å². The molecule has 0 spiro atoms. The van der Waals surface area contributed by atoms with E-state index >= 15 is 0 Å². The number of nitrogens with one attached hydrogen (secondary N) is 2. The summed E-state index contributed by atoms with van der Waals surface area (Å²) in [5, 5.41) is 6.78.